The zero-order valence-electron chi connectivity index (χ0n) is 13.3. The SMILES string of the molecule is CCCNCC(CCc1ccsc1)Cc1cccc(C)c1. The molecule has 0 aliphatic rings. The molecular formula is C19H27NS. The molecular weight excluding hydrogens is 274 g/mol. The van der Waals surface area contributed by atoms with Gasteiger partial charge in [0, 0.05) is 0 Å². The first-order chi connectivity index (χ1) is 10.3. The summed E-state index contributed by atoms with van der Waals surface area (Å²) in [5, 5.41) is 8.06. The van der Waals surface area contributed by atoms with Gasteiger partial charge < -0.3 is 5.32 Å². The second kappa shape index (κ2) is 9.01. The highest BCUT2D eigenvalue weighted by Crippen LogP contribution is 2.17. The number of nitrogens with one attached hydrogen (secondary N) is 1. The van der Waals surface area contributed by atoms with Gasteiger partial charge in [-0.3, -0.25) is 0 Å². The van der Waals surface area contributed by atoms with Crippen molar-refractivity contribution < 1.29 is 0 Å². The van der Waals surface area contributed by atoms with Crippen molar-refractivity contribution >= 4 is 11.3 Å². The van der Waals surface area contributed by atoms with Crippen LogP contribution in [0.5, 0.6) is 0 Å². The lowest BCUT2D eigenvalue weighted by atomic mass is 9.92. The lowest BCUT2D eigenvalue weighted by molar-refractivity contribution is 0.444. The number of rotatable bonds is 9. The van der Waals surface area contributed by atoms with Crippen molar-refractivity contribution in [3.05, 3.63) is 57.8 Å². The largest absolute Gasteiger partial charge is 0.316 e. The monoisotopic (exact) mass is 301 g/mol. The molecule has 1 aromatic heterocycles. The average molecular weight is 301 g/mol. The van der Waals surface area contributed by atoms with Gasteiger partial charge in [0.25, 0.3) is 0 Å². The second-order valence-electron chi connectivity index (χ2n) is 5.93. The maximum atomic E-state index is 3.60. The molecule has 0 aliphatic heterocycles. The number of hydrogen-bond acceptors (Lipinski definition) is 2. The van der Waals surface area contributed by atoms with E-state index >= 15 is 0 Å². The van der Waals surface area contributed by atoms with Crippen LogP contribution in [0.2, 0.25) is 0 Å². The van der Waals surface area contributed by atoms with Crippen molar-refractivity contribution in [1.82, 2.24) is 5.32 Å². The van der Waals surface area contributed by atoms with Crippen LogP contribution in [0, 0.1) is 12.8 Å². The molecule has 0 saturated heterocycles. The van der Waals surface area contributed by atoms with Crippen LogP contribution in [0.1, 0.15) is 36.5 Å². The Hall–Kier alpha value is -1.12. The maximum absolute atomic E-state index is 3.60. The van der Waals surface area contributed by atoms with E-state index in [0.717, 1.165) is 19.0 Å². The fraction of sp³-hybridized carbons (Fsp3) is 0.474. The topological polar surface area (TPSA) is 12.0 Å². The Labute approximate surface area is 133 Å². The first-order valence-electron chi connectivity index (χ1n) is 8.05. The van der Waals surface area contributed by atoms with Crippen LogP contribution in [-0.2, 0) is 12.8 Å². The minimum atomic E-state index is 0.721. The zero-order valence-corrected chi connectivity index (χ0v) is 14.1. The molecule has 2 rings (SSSR count). The Kier molecular flexibility index (Phi) is 6.98. The van der Waals surface area contributed by atoms with Crippen LogP contribution in [0.15, 0.2) is 41.1 Å². The van der Waals surface area contributed by atoms with E-state index in [1.807, 2.05) is 0 Å². The fourth-order valence-electron chi connectivity index (χ4n) is 2.74. The number of benzene rings is 1. The number of aryl methyl sites for hydroxylation is 2. The van der Waals surface area contributed by atoms with Crippen molar-refractivity contribution in [3.8, 4) is 0 Å². The minimum absolute atomic E-state index is 0.721. The minimum Gasteiger partial charge on any atom is -0.316 e. The van der Waals surface area contributed by atoms with E-state index in [2.05, 4.69) is 60.3 Å². The van der Waals surface area contributed by atoms with E-state index in [4.69, 9.17) is 0 Å². The summed E-state index contributed by atoms with van der Waals surface area (Å²) in [5.74, 6) is 0.721. The summed E-state index contributed by atoms with van der Waals surface area (Å²) in [6, 6.07) is 11.2. The van der Waals surface area contributed by atoms with E-state index in [-0.39, 0.29) is 0 Å². The molecule has 114 valence electrons. The third-order valence-corrected chi connectivity index (χ3v) is 4.62. The molecule has 1 aromatic carbocycles. The third-order valence-electron chi connectivity index (χ3n) is 3.89. The highest BCUT2D eigenvalue weighted by atomic mass is 32.1. The molecule has 2 heteroatoms. The van der Waals surface area contributed by atoms with Gasteiger partial charge in [-0.05, 0) is 79.6 Å². The molecule has 0 bridgehead atoms. The van der Waals surface area contributed by atoms with Gasteiger partial charge in [0.05, 0.1) is 0 Å². The molecule has 1 nitrogen and oxygen atoms in total. The predicted molar refractivity (Wildman–Crippen MR) is 94.2 cm³/mol. The molecule has 0 amide bonds. The Balaban J connectivity index is 1.90. The molecule has 2 aromatic rings. The Morgan fingerprint density at radius 1 is 1.19 bits per heavy atom. The Bertz CT molecular complexity index is 504. The van der Waals surface area contributed by atoms with Crippen LogP contribution in [0.4, 0.5) is 0 Å². The summed E-state index contributed by atoms with van der Waals surface area (Å²) in [6.07, 6.45) is 4.86. The quantitative estimate of drug-likeness (QED) is 0.653. The molecule has 1 heterocycles. The van der Waals surface area contributed by atoms with Gasteiger partial charge in [-0.1, -0.05) is 36.8 Å². The van der Waals surface area contributed by atoms with Gasteiger partial charge in [0.1, 0.15) is 0 Å². The fourth-order valence-corrected chi connectivity index (χ4v) is 3.44. The second-order valence-corrected chi connectivity index (χ2v) is 6.71. The lowest BCUT2D eigenvalue weighted by Crippen LogP contribution is -2.25. The summed E-state index contributed by atoms with van der Waals surface area (Å²) < 4.78 is 0. The first kappa shape index (κ1) is 16.3. The lowest BCUT2D eigenvalue weighted by Gasteiger charge is -2.18. The molecule has 1 N–H and O–H groups in total. The molecule has 1 unspecified atom stereocenters. The number of hydrogen-bond donors (Lipinski definition) is 1. The van der Waals surface area contributed by atoms with E-state index in [9.17, 15) is 0 Å². The Morgan fingerprint density at radius 2 is 2.10 bits per heavy atom. The zero-order chi connectivity index (χ0) is 14.9. The molecule has 0 aliphatic carbocycles. The van der Waals surface area contributed by atoms with Gasteiger partial charge in [-0.2, -0.15) is 11.3 Å². The highest BCUT2D eigenvalue weighted by molar-refractivity contribution is 7.07. The summed E-state index contributed by atoms with van der Waals surface area (Å²) in [4.78, 5) is 0. The summed E-state index contributed by atoms with van der Waals surface area (Å²) in [6.45, 7) is 6.67. The van der Waals surface area contributed by atoms with Gasteiger partial charge in [-0.25, -0.2) is 0 Å². The number of thiophene rings is 1. The van der Waals surface area contributed by atoms with Crippen molar-refractivity contribution in [1.29, 1.82) is 0 Å². The normalized spacial score (nSPS) is 12.5. The average Bonchev–Trinajstić information content (AvgIpc) is 2.98. The summed E-state index contributed by atoms with van der Waals surface area (Å²) in [5.41, 5.74) is 4.33. The molecule has 0 saturated carbocycles. The smallest absolute Gasteiger partial charge is 0.00172 e. The molecule has 0 fully saturated rings. The van der Waals surface area contributed by atoms with Crippen molar-refractivity contribution in [2.75, 3.05) is 13.1 Å². The van der Waals surface area contributed by atoms with E-state index in [0.29, 0.717) is 0 Å². The molecule has 21 heavy (non-hydrogen) atoms. The van der Waals surface area contributed by atoms with Crippen LogP contribution in [0.3, 0.4) is 0 Å². The van der Waals surface area contributed by atoms with Crippen LogP contribution >= 0.6 is 11.3 Å². The molecule has 1 atom stereocenters. The van der Waals surface area contributed by atoms with Crippen molar-refractivity contribution in [2.45, 2.75) is 39.5 Å². The predicted octanol–water partition coefficient (Wildman–Crippen LogP) is 4.85. The van der Waals surface area contributed by atoms with Crippen LogP contribution in [-0.4, -0.2) is 13.1 Å². The summed E-state index contributed by atoms with van der Waals surface area (Å²) >= 11 is 1.80. The molecule has 0 spiro atoms. The van der Waals surface area contributed by atoms with E-state index in [1.54, 1.807) is 11.3 Å². The Morgan fingerprint density at radius 3 is 2.81 bits per heavy atom. The van der Waals surface area contributed by atoms with Crippen molar-refractivity contribution in [2.24, 2.45) is 5.92 Å². The maximum Gasteiger partial charge on any atom is -0.00172 e. The van der Waals surface area contributed by atoms with E-state index < -0.39 is 0 Å². The first-order valence-corrected chi connectivity index (χ1v) is 8.99. The van der Waals surface area contributed by atoms with Crippen LogP contribution < -0.4 is 5.32 Å². The summed E-state index contributed by atoms with van der Waals surface area (Å²) in [7, 11) is 0. The third kappa shape index (κ3) is 6.03. The van der Waals surface area contributed by atoms with Gasteiger partial charge in [0.2, 0.25) is 0 Å². The van der Waals surface area contributed by atoms with Gasteiger partial charge >= 0.3 is 0 Å². The van der Waals surface area contributed by atoms with Crippen molar-refractivity contribution in [3.63, 3.8) is 0 Å². The highest BCUT2D eigenvalue weighted by Gasteiger charge is 2.10. The standard InChI is InChI=1S/C19H27NS/c1-3-10-20-14-19(8-7-17-9-11-21-15-17)13-18-6-4-5-16(2)12-18/h4-6,9,11-12,15,19-20H,3,7-8,10,13-14H2,1-2H3. The molecule has 0 radical (unpaired) electrons. The van der Waals surface area contributed by atoms with E-state index in [1.165, 1.54) is 42.4 Å². The van der Waals surface area contributed by atoms with Gasteiger partial charge in [-0.15, -0.1) is 0 Å². The van der Waals surface area contributed by atoms with Gasteiger partial charge in [0.15, 0.2) is 0 Å². The van der Waals surface area contributed by atoms with Crippen LogP contribution in [0.25, 0.3) is 0 Å².